The van der Waals surface area contributed by atoms with Gasteiger partial charge >= 0.3 is 6.03 Å². The molecule has 0 aliphatic carbocycles. The van der Waals surface area contributed by atoms with Gasteiger partial charge in [0.15, 0.2) is 17.8 Å². The molecule has 6 rings (SSSR count). The van der Waals surface area contributed by atoms with Gasteiger partial charge in [0, 0.05) is 31.0 Å². The van der Waals surface area contributed by atoms with Gasteiger partial charge in [0.25, 0.3) is 0 Å². The zero-order valence-electron chi connectivity index (χ0n) is 18.4. The predicted octanol–water partition coefficient (Wildman–Crippen LogP) is 2.63. The lowest BCUT2D eigenvalue weighted by Crippen LogP contribution is -2.43. The highest BCUT2D eigenvalue weighted by Gasteiger charge is 2.36. The molecule has 2 aliphatic heterocycles. The van der Waals surface area contributed by atoms with Gasteiger partial charge in [-0.1, -0.05) is 0 Å². The van der Waals surface area contributed by atoms with Crippen LogP contribution in [0.2, 0.25) is 0 Å². The minimum absolute atomic E-state index is 0.0343. The topological polar surface area (TPSA) is 119 Å². The number of hydrogen-bond acceptors (Lipinski definition) is 8. The maximum absolute atomic E-state index is 12.3. The number of morpholine rings is 1. The van der Waals surface area contributed by atoms with E-state index in [0.717, 1.165) is 22.4 Å². The molecule has 34 heavy (non-hydrogen) atoms. The Morgan fingerprint density at radius 3 is 2.71 bits per heavy atom. The number of benzene rings is 1. The van der Waals surface area contributed by atoms with Crippen LogP contribution in [0, 0.1) is 0 Å². The number of hydrogen-bond donors (Lipinski definition) is 2. The first kappa shape index (κ1) is 20.5. The fourth-order valence-electron chi connectivity index (χ4n) is 4.18. The van der Waals surface area contributed by atoms with Crippen molar-refractivity contribution in [2.45, 2.75) is 12.4 Å². The molecule has 2 aliphatic rings. The standard InChI is InChI=1S/C23H22N8O3/c1-30-21-18(10-25-30)22(31-11-17-13-33-19(12-31)34-17)29-20(28-21)14-4-6-15(7-5-14)26-23(32)27-16-3-2-8-24-9-16/h2-10,17,19H,11-13H2,1H3,(H2,26,27,32). The van der Waals surface area contributed by atoms with E-state index in [0.29, 0.717) is 36.9 Å². The number of ether oxygens (including phenoxy) is 2. The molecule has 11 heteroatoms. The number of anilines is 3. The van der Waals surface area contributed by atoms with E-state index in [1.165, 1.54) is 0 Å². The van der Waals surface area contributed by atoms with Crippen LogP contribution >= 0.6 is 0 Å². The molecule has 4 aromatic rings. The third-order valence-electron chi connectivity index (χ3n) is 5.80. The molecule has 2 unspecified atom stereocenters. The van der Waals surface area contributed by atoms with E-state index in [4.69, 9.17) is 19.4 Å². The van der Waals surface area contributed by atoms with Gasteiger partial charge in [-0.3, -0.25) is 9.67 Å². The molecule has 0 radical (unpaired) electrons. The zero-order valence-corrected chi connectivity index (χ0v) is 18.4. The van der Waals surface area contributed by atoms with Gasteiger partial charge in [0.1, 0.15) is 11.9 Å². The maximum Gasteiger partial charge on any atom is 0.323 e. The predicted molar refractivity (Wildman–Crippen MR) is 125 cm³/mol. The molecule has 0 saturated carbocycles. The molecule has 2 atom stereocenters. The van der Waals surface area contributed by atoms with Gasteiger partial charge in [-0.15, -0.1) is 0 Å². The molecule has 2 N–H and O–H groups in total. The molecule has 2 bridgehead atoms. The third-order valence-corrected chi connectivity index (χ3v) is 5.80. The summed E-state index contributed by atoms with van der Waals surface area (Å²) < 4.78 is 13.2. The summed E-state index contributed by atoms with van der Waals surface area (Å²) in [5.74, 6) is 1.40. The van der Waals surface area contributed by atoms with E-state index in [2.05, 4.69) is 25.6 Å². The second-order valence-corrected chi connectivity index (χ2v) is 8.20. The Morgan fingerprint density at radius 2 is 1.91 bits per heavy atom. The largest absolute Gasteiger partial charge is 0.348 e. The van der Waals surface area contributed by atoms with Crippen LogP contribution < -0.4 is 15.5 Å². The van der Waals surface area contributed by atoms with Crippen LogP contribution in [0.4, 0.5) is 22.0 Å². The van der Waals surface area contributed by atoms with Crippen molar-refractivity contribution in [3.63, 3.8) is 0 Å². The number of nitrogens with zero attached hydrogens (tertiary/aromatic N) is 6. The number of urea groups is 1. The monoisotopic (exact) mass is 458 g/mol. The molecule has 11 nitrogen and oxygen atoms in total. The van der Waals surface area contributed by atoms with Crippen molar-refractivity contribution < 1.29 is 14.3 Å². The Labute approximate surface area is 194 Å². The van der Waals surface area contributed by atoms with Gasteiger partial charge in [-0.25, -0.2) is 14.8 Å². The van der Waals surface area contributed by atoms with E-state index in [9.17, 15) is 4.79 Å². The van der Waals surface area contributed by atoms with Crippen LogP contribution in [0.5, 0.6) is 0 Å². The summed E-state index contributed by atoms with van der Waals surface area (Å²) in [4.78, 5) is 28.1. The molecule has 0 spiro atoms. The van der Waals surface area contributed by atoms with Gasteiger partial charge in [0.2, 0.25) is 0 Å². The smallest absolute Gasteiger partial charge is 0.323 e. The quantitative estimate of drug-likeness (QED) is 0.479. The van der Waals surface area contributed by atoms with Crippen LogP contribution in [0.15, 0.2) is 55.0 Å². The summed E-state index contributed by atoms with van der Waals surface area (Å²) in [5.41, 5.74) is 2.84. The zero-order chi connectivity index (χ0) is 23.1. The summed E-state index contributed by atoms with van der Waals surface area (Å²) in [6.45, 7) is 1.90. The number of carbonyl (C=O) groups is 1. The van der Waals surface area contributed by atoms with Gasteiger partial charge in [-0.05, 0) is 36.4 Å². The summed E-state index contributed by atoms with van der Waals surface area (Å²) in [5, 5.41) is 10.8. The number of rotatable bonds is 4. The van der Waals surface area contributed by atoms with E-state index in [1.54, 1.807) is 35.4 Å². The first-order valence-corrected chi connectivity index (χ1v) is 10.9. The molecule has 2 fully saturated rings. The van der Waals surface area contributed by atoms with E-state index < -0.39 is 0 Å². The number of aryl methyl sites for hydroxylation is 1. The lowest BCUT2D eigenvalue weighted by molar-refractivity contribution is -0.0626. The lowest BCUT2D eigenvalue weighted by atomic mass is 10.2. The van der Waals surface area contributed by atoms with Gasteiger partial charge < -0.3 is 25.0 Å². The lowest BCUT2D eigenvalue weighted by Gasteiger charge is -2.31. The van der Waals surface area contributed by atoms with Crippen molar-refractivity contribution in [2.75, 3.05) is 35.2 Å². The Kier molecular flexibility index (Phi) is 5.04. The highest BCUT2D eigenvalue weighted by atomic mass is 16.7. The average molecular weight is 458 g/mol. The first-order valence-electron chi connectivity index (χ1n) is 10.9. The minimum atomic E-state index is -0.347. The van der Waals surface area contributed by atoms with Crippen LogP contribution in [0.1, 0.15) is 0 Å². The first-order chi connectivity index (χ1) is 16.6. The number of fused-ring (bicyclic) bond motifs is 3. The highest BCUT2D eigenvalue weighted by Crippen LogP contribution is 2.31. The van der Waals surface area contributed by atoms with Crippen molar-refractivity contribution in [1.82, 2.24) is 24.7 Å². The molecule has 1 aromatic carbocycles. The van der Waals surface area contributed by atoms with Crippen molar-refractivity contribution in [3.05, 3.63) is 55.0 Å². The van der Waals surface area contributed by atoms with E-state index in [1.807, 2.05) is 31.3 Å². The molecule has 5 heterocycles. The minimum Gasteiger partial charge on any atom is -0.348 e. The van der Waals surface area contributed by atoms with Crippen LogP contribution in [0.3, 0.4) is 0 Å². The van der Waals surface area contributed by atoms with E-state index >= 15 is 0 Å². The Hall–Kier alpha value is -4.09. The Morgan fingerprint density at radius 1 is 1.06 bits per heavy atom. The Bertz CT molecular complexity index is 1330. The van der Waals surface area contributed by atoms with Crippen molar-refractivity contribution >= 4 is 34.3 Å². The molecule has 172 valence electrons. The normalized spacial score (nSPS) is 19.4. The molecule has 2 amide bonds. The van der Waals surface area contributed by atoms with Crippen molar-refractivity contribution in [3.8, 4) is 11.4 Å². The molecular weight excluding hydrogens is 436 g/mol. The maximum atomic E-state index is 12.3. The van der Waals surface area contributed by atoms with Crippen molar-refractivity contribution in [2.24, 2.45) is 7.05 Å². The number of carbonyl (C=O) groups excluding carboxylic acids is 1. The number of aromatic nitrogens is 5. The highest BCUT2D eigenvalue weighted by molar-refractivity contribution is 5.99. The van der Waals surface area contributed by atoms with Gasteiger partial charge in [0.05, 0.1) is 36.6 Å². The average Bonchev–Trinajstić information content (AvgIpc) is 3.40. The Balaban J connectivity index is 1.26. The fraction of sp³-hybridized carbons (Fsp3) is 0.261. The van der Waals surface area contributed by atoms with Crippen LogP contribution in [-0.2, 0) is 16.5 Å². The second kappa shape index (κ2) is 8.36. The number of amides is 2. The summed E-state index contributed by atoms with van der Waals surface area (Å²) in [7, 11) is 1.86. The van der Waals surface area contributed by atoms with Crippen LogP contribution in [0.25, 0.3) is 22.4 Å². The third kappa shape index (κ3) is 3.91. The van der Waals surface area contributed by atoms with Crippen molar-refractivity contribution in [1.29, 1.82) is 0 Å². The fourth-order valence-corrected chi connectivity index (χ4v) is 4.18. The summed E-state index contributed by atoms with van der Waals surface area (Å²) >= 11 is 0. The SMILES string of the molecule is Cn1ncc2c(N3CC4COC(C3)O4)nc(-c3ccc(NC(=O)Nc4cccnc4)cc3)nc21. The molecular formula is C23H22N8O3. The van der Waals surface area contributed by atoms with Crippen LogP contribution in [-0.4, -0.2) is 62.9 Å². The second-order valence-electron chi connectivity index (χ2n) is 8.20. The van der Waals surface area contributed by atoms with E-state index in [-0.39, 0.29) is 18.4 Å². The molecule has 3 aromatic heterocycles. The van der Waals surface area contributed by atoms with Gasteiger partial charge in [-0.2, -0.15) is 5.10 Å². The number of pyridine rings is 1. The number of nitrogens with one attached hydrogen (secondary N) is 2. The summed E-state index contributed by atoms with van der Waals surface area (Å²) in [6, 6.07) is 10.6. The summed E-state index contributed by atoms with van der Waals surface area (Å²) in [6.07, 6.45) is 4.81. The molecule has 2 saturated heterocycles.